The summed E-state index contributed by atoms with van der Waals surface area (Å²) in [7, 11) is 0. The number of nitrogens with two attached hydrogens (primary N) is 1. The van der Waals surface area contributed by atoms with Gasteiger partial charge in [0.1, 0.15) is 28.7 Å². The summed E-state index contributed by atoms with van der Waals surface area (Å²) in [5, 5.41) is 53.4. The van der Waals surface area contributed by atoms with E-state index in [1.165, 1.54) is 35.2 Å². The van der Waals surface area contributed by atoms with Crippen molar-refractivity contribution in [2.45, 2.75) is 68.7 Å². The van der Waals surface area contributed by atoms with Crippen molar-refractivity contribution in [1.29, 1.82) is 5.26 Å². The number of carboxylic acid groups (broad SMARTS) is 1. The van der Waals surface area contributed by atoms with Crippen LogP contribution in [0.4, 0.5) is 8.78 Å². The molecule has 0 saturated carbocycles. The fraction of sp³-hybridized carbons (Fsp3) is 0.483. The molecule has 13 heteroatoms. The molecule has 42 heavy (non-hydrogen) atoms. The Morgan fingerprint density at radius 2 is 1.86 bits per heavy atom. The maximum Gasteiger partial charge on any atom is 0.321 e. The number of aliphatic hydroxyl groups is 3. The first-order valence-corrected chi connectivity index (χ1v) is 13.8. The molecule has 1 fully saturated rings. The first kappa shape index (κ1) is 33.6. The van der Waals surface area contributed by atoms with Crippen LogP contribution in [0.25, 0.3) is 0 Å². The third kappa shape index (κ3) is 6.25. The Morgan fingerprint density at radius 1 is 1.21 bits per heavy atom. The minimum Gasteiger partial charge on any atom is -0.480 e. The van der Waals surface area contributed by atoms with Crippen molar-refractivity contribution in [1.82, 2.24) is 4.90 Å². The lowest BCUT2D eigenvalue weighted by atomic mass is 9.62. The number of carbonyl (C=O) groups is 2. The third-order valence-electron chi connectivity index (χ3n) is 8.01. The summed E-state index contributed by atoms with van der Waals surface area (Å²) in [5.74, 6) is -6.09. The standard InChI is InChI=1S/C29H33Cl2F2N3O6/c1-27(2,14-37)11-20-29(12-34,17-8-7-15(30)9-19(17)32)23(16-5-4-6-18(31)24(16)33)25(26(40)41)36(20)13-28(3,42)21(38)10-22(35)39/h4-9,20-21,23,25,37-38,42H,10-11,13-14H2,1-3H3,(H2,35,39)(H,40,41)/t20-,21?,23-,25+,28?,29-/m0/s1. The molecule has 2 aromatic rings. The number of likely N-dealkylation sites (tertiary alicyclic amines) is 1. The molecule has 6 atom stereocenters. The number of aliphatic carboxylic acids is 1. The smallest absolute Gasteiger partial charge is 0.321 e. The van der Waals surface area contributed by atoms with Crippen molar-refractivity contribution in [2.75, 3.05) is 13.2 Å². The van der Waals surface area contributed by atoms with Gasteiger partial charge in [-0.2, -0.15) is 5.26 Å². The van der Waals surface area contributed by atoms with Gasteiger partial charge in [-0.15, -0.1) is 0 Å². The molecule has 0 bridgehead atoms. The second-order valence-corrected chi connectivity index (χ2v) is 12.6. The van der Waals surface area contributed by atoms with E-state index in [9.17, 15) is 35.3 Å². The average molecular weight is 629 g/mol. The Morgan fingerprint density at radius 3 is 2.38 bits per heavy atom. The highest BCUT2D eigenvalue weighted by molar-refractivity contribution is 6.31. The quantitative estimate of drug-likeness (QED) is 0.253. The number of hydrogen-bond acceptors (Lipinski definition) is 7. The van der Waals surface area contributed by atoms with Crippen LogP contribution < -0.4 is 5.73 Å². The highest BCUT2D eigenvalue weighted by Gasteiger charge is 2.66. The summed E-state index contributed by atoms with van der Waals surface area (Å²) in [6.07, 6.45) is -2.59. The molecule has 9 nitrogen and oxygen atoms in total. The highest BCUT2D eigenvalue weighted by Crippen LogP contribution is 2.57. The number of carboxylic acids is 1. The third-order valence-corrected chi connectivity index (χ3v) is 8.54. The van der Waals surface area contributed by atoms with Gasteiger partial charge in [-0.05, 0) is 42.5 Å². The molecule has 6 N–H and O–H groups in total. The van der Waals surface area contributed by atoms with E-state index >= 15 is 8.78 Å². The van der Waals surface area contributed by atoms with E-state index in [0.717, 1.165) is 13.0 Å². The molecule has 3 rings (SSSR count). The van der Waals surface area contributed by atoms with E-state index < -0.39 is 83.6 Å². The maximum atomic E-state index is 15.8. The van der Waals surface area contributed by atoms with Crippen LogP contribution in [0.15, 0.2) is 36.4 Å². The van der Waals surface area contributed by atoms with Crippen LogP contribution in [0.3, 0.4) is 0 Å². The molecule has 1 aliphatic heterocycles. The molecule has 1 saturated heterocycles. The second kappa shape index (κ2) is 12.4. The number of rotatable bonds is 11. The van der Waals surface area contributed by atoms with E-state index in [2.05, 4.69) is 6.07 Å². The SMILES string of the molecule is CC(C)(CO)C[C@@H]1N(CC(C)(O)C(O)CC(N)=O)[C@@H](C(=O)O)[C@H](c2cccc(Cl)c2F)[C@@]1(C#N)c1ccc(Cl)cc1F. The van der Waals surface area contributed by atoms with Crippen LogP contribution in [0, 0.1) is 28.4 Å². The summed E-state index contributed by atoms with van der Waals surface area (Å²) >= 11 is 12.1. The van der Waals surface area contributed by atoms with Crippen LogP contribution in [-0.4, -0.2) is 74.1 Å². The van der Waals surface area contributed by atoms with E-state index in [-0.39, 0.29) is 27.6 Å². The number of β-amino-alcohol motifs (C(OH)–C–C–N with tert-alkyl or cyclic N) is 1. The first-order valence-electron chi connectivity index (χ1n) is 13.0. The normalized spacial score (nSPS) is 25.0. The minimum atomic E-state index is -2.19. The molecule has 0 aliphatic carbocycles. The van der Waals surface area contributed by atoms with E-state index in [1.54, 1.807) is 13.8 Å². The van der Waals surface area contributed by atoms with Crippen LogP contribution in [0.2, 0.25) is 10.0 Å². The Balaban J connectivity index is 2.47. The average Bonchev–Trinajstić information content (AvgIpc) is 3.14. The van der Waals surface area contributed by atoms with Crippen molar-refractivity contribution in [2.24, 2.45) is 11.1 Å². The van der Waals surface area contributed by atoms with Crippen molar-refractivity contribution < 1.29 is 38.8 Å². The van der Waals surface area contributed by atoms with Crippen LogP contribution in [-0.2, 0) is 15.0 Å². The van der Waals surface area contributed by atoms with E-state index in [4.69, 9.17) is 28.9 Å². The minimum absolute atomic E-state index is 0.00999. The number of primary amides is 1. The maximum absolute atomic E-state index is 15.8. The van der Waals surface area contributed by atoms with Gasteiger partial charge in [0.25, 0.3) is 0 Å². The van der Waals surface area contributed by atoms with Crippen molar-refractivity contribution in [3.05, 3.63) is 69.2 Å². The second-order valence-electron chi connectivity index (χ2n) is 11.8. The predicted octanol–water partition coefficient (Wildman–Crippen LogP) is 3.35. The Hall–Kier alpha value is -2.85. The van der Waals surface area contributed by atoms with E-state index in [1.807, 2.05) is 0 Å². The number of nitrogens with zero attached hydrogens (tertiary/aromatic N) is 2. The van der Waals surface area contributed by atoms with Gasteiger partial charge < -0.3 is 26.2 Å². The fourth-order valence-electron chi connectivity index (χ4n) is 5.90. The van der Waals surface area contributed by atoms with Crippen LogP contribution in [0.5, 0.6) is 0 Å². The number of aliphatic hydroxyl groups excluding tert-OH is 2. The van der Waals surface area contributed by atoms with Gasteiger partial charge in [-0.25, -0.2) is 8.78 Å². The van der Waals surface area contributed by atoms with Crippen LogP contribution >= 0.6 is 23.2 Å². The number of carbonyl (C=O) groups excluding carboxylic acids is 1. The zero-order valence-corrected chi connectivity index (χ0v) is 24.7. The summed E-state index contributed by atoms with van der Waals surface area (Å²) in [5.41, 5.74) is -0.735. The monoisotopic (exact) mass is 627 g/mol. The van der Waals surface area contributed by atoms with Crippen molar-refractivity contribution >= 4 is 35.1 Å². The largest absolute Gasteiger partial charge is 0.480 e. The molecule has 2 aromatic carbocycles. The molecule has 228 valence electrons. The molecule has 0 aromatic heterocycles. The lowest BCUT2D eigenvalue weighted by Crippen LogP contribution is -2.56. The number of hydrogen-bond donors (Lipinski definition) is 5. The zero-order valence-electron chi connectivity index (χ0n) is 23.2. The topological polar surface area (TPSA) is 168 Å². The summed E-state index contributed by atoms with van der Waals surface area (Å²) in [4.78, 5) is 25.8. The van der Waals surface area contributed by atoms with Gasteiger partial charge in [-0.3, -0.25) is 14.5 Å². The summed E-state index contributed by atoms with van der Waals surface area (Å²) in [6, 6.07) is 6.33. The van der Waals surface area contributed by atoms with Gasteiger partial charge in [0.15, 0.2) is 0 Å². The van der Waals surface area contributed by atoms with Gasteiger partial charge in [-0.1, -0.05) is 55.2 Å². The fourth-order valence-corrected chi connectivity index (χ4v) is 6.24. The molecule has 0 radical (unpaired) electrons. The number of benzene rings is 2. The zero-order chi connectivity index (χ0) is 31.8. The van der Waals surface area contributed by atoms with Gasteiger partial charge >= 0.3 is 5.97 Å². The van der Waals surface area contributed by atoms with Gasteiger partial charge in [0.2, 0.25) is 5.91 Å². The number of halogens is 4. The Kier molecular flexibility index (Phi) is 9.94. The molecule has 1 amide bonds. The van der Waals surface area contributed by atoms with E-state index in [0.29, 0.717) is 0 Å². The molecule has 1 aliphatic rings. The molecular weight excluding hydrogens is 595 g/mol. The lowest BCUT2D eigenvalue weighted by molar-refractivity contribution is -0.147. The van der Waals surface area contributed by atoms with Crippen molar-refractivity contribution in [3.8, 4) is 6.07 Å². The Labute approximate surface area is 252 Å². The first-order chi connectivity index (χ1) is 19.4. The Bertz CT molecular complexity index is 1400. The van der Waals surface area contributed by atoms with Gasteiger partial charge in [0, 0.05) is 35.7 Å². The summed E-state index contributed by atoms with van der Waals surface area (Å²) < 4.78 is 31.6. The lowest BCUT2D eigenvalue weighted by Gasteiger charge is -2.42. The molecule has 0 spiro atoms. The molecule has 2 unspecified atom stereocenters. The summed E-state index contributed by atoms with van der Waals surface area (Å²) in [6.45, 7) is 3.32. The predicted molar refractivity (Wildman–Crippen MR) is 151 cm³/mol. The number of amides is 1. The van der Waals surface area contributed by atoms with Crippen LogP contribution in [0.1, 0.15) is 50.7 Å². The number of nitriles is 1. The van der Waals surface area contributed by atoms with Gasteiger partial charge in [0.05, 0.1) is 23.6 Å². The molecule has 1 heterocycles. The van der Waals surface area contributed by atoms with Crippen molar-refractivity contribution in [3.63, 3.8) is 0 Å². The highest BCUT2D eigenvalue weighted by atomic mass is 35.5. The molecular formula is C29H33Cl2F2N3O6.